The summed E-state index contributed by atoms with van der Waals surface area (Å²) >= 11 is 0. The minimum Gasteiger partial charge on any atom is -0.385 e. The number of hydrogen-bond acceptors (Lipinski definition) is 2. The van der Waals surface area contributed by atoms with Crippen LogP contribution in [-0.4, -0.2) is 13.1 Å². The lowest BCUT2D eigenvalue weighted by Crippen LogP contribution is -2.22. The summed E-state index contributed by atoms with van der Waals surface area (Å²) in [6.45, 7) is 5.41. The number of rotatable bonds is 5. The molecule has 2 nitrogen and oxygen atoms in total. The van der Waals surface area contributed by atoms with Gasteiger partial charge in [0.25, 0.3) is 0 Å². The Labute approximate surface area is 90.7 Å². The third-order valence-electron chi connectivity index (χ3n) is 2.66. The second-order valence-corrected chi connectivity index (χ2v) is 3.85. The van der Waals surface area contributed by atoms with Crippen LogP contribution in [-0.2, 0) is 0 Å². The Morgan fingerprint density at radius 3 is 2.73 bits per heavy atom. The van der Waals surface area contributed by atoms with E-state index < -0.39 is 0 Å². The number of aryl methyl sites for hydroxylation is 1. The van der Waals surface area contributed by atoms with Crippen molar-refractivity contribution in [1.82, 2.24) is 0 Å². The standard InChI is InChI=1S/C12H19FN2/c1-3-10(7-14)8-15-11-4-5-12(13)9(2)6-11/h4-6,10,15H,3,7-8,14H2,1-2H3. The fourth-order valence-corrected chi connectivity index (χ4v) is 1.41. The van der Waals surface area contributed by atoms with Crippen molar-refractivity contribution in [2.24, 2.45) is 11.7 Å². The molecule has 0 amide bonds. The second kappa shape index (κ2) is 5.71. The molecular formula is C12H19FN2. The van der Waals surface area contributed by atoms with Crippen LogP contribution in [0.2, 0.25) is 0 Å². The maximum absolute atomic E-state index is 13.0. The van der Waals surface area contributed by atoms with Crippen molar-refractivity contribution >= 4 is 5.69 Å². The third-order valence-corrected chi connectivity index (χ3v) is 2.66. The van der Waals surface area contributed by atoms with Gasteiger partial charge < -0.3 is 11.1 Å². The molecule has 1 rings (SSSR count). The molecule has 0 saturated heterocycles. The Morgan fingerprint density at radius 2 is 2.20 bits per heavy atom. The van der Waals surface area contributed by atoms with E-state index in [1.165, 1.54) is 6.07 Å². The third kappa shape index (κ3) is 3.51. The number of halogens is 1. The molecule has 15 heavy (non-hydrogen) atoms. The molecule has 1 aromatic carbocycles. The normalized spacial score (nSPS) is 12.5. The van der Waals surface area contributed by atoms with Crippen LogP contribution >= 0.6 is 0 Å². The zero-order valence-electron chi connectivity index (χ0n) is 9.39. The van der Waals surface area contributed by atoms with E-state index in [2.05, 4.69) is 12.2 Å². The predicted molar refractivity (Wildman–Crippen MR) is 62.5 cm³/mol. The second-order valence-electron chi connectivity index (χ2n) is 3.85. The summed E-state index contributed by atoms with van der Waals surface area (Å²) in [5.41, 5.74) is 7.23. The minimum atomic E-state index is -0.161. The molecule has 3 heteroatoms. The van der Waals surface area contributed by atoms with E-state index >= 15 is 0 Å². The molecule has 0 aromatic heterocycles. The monoisotopic (exact) mass is 210 g/mol. The topological polar surface area (TPSA) is 38.0 Å². The van der Waals surface area contributed by atoms with Gasteiger partial charge in [0, 0.05) is 12.2 Å². The van der Waals surface area contributed by atoms with Crippen LogP contribution in [0.5, 0.6) is 0 Å². The van der Waals surface area contributed by atoms with Gasteiger partial charge in [0.15, 0.2) is 0 Å². The van der Waals surface area contributed by atoms with Crippen molar-refractivity contribution in [3.8, 4) is 0 Å². The molecule has 1 aromatic rings. The highest BCUT2D eigenvalue weighted by Gasteiger charge is 2.04. The number of anilines is 1. The maximum atomic E-state index is 13.0. The molecule has 0 saturated carbocycles. The van der Waals surface area contributed by atoms with E-state index in [1.54, 1.807) is 13.0 Å². The smallest absolute Gasteiger partial charge is 0.126 e. The number of hydrogen-bond donors (Lipinski definition) is 2. The Kier molecular flexibility index (Phi) is 4.56. The Hall–Kier alpha value is -1.09. The zero-order valence-corrected chi connectivity index (χ0v) is 9.39. The maximum Gasteiger partial charge on any atom is 0.126 e. The lowest BCUT2D eigenvalue weighted by molar-refractivity contribution is 0.548. The molecular weight excluding hydrogens is 191 g/mol. The molecule has 0 radical (unpaired) electrons. The highest BCUT2D eigenvalue weighted by molar-refractivity contribution is 5.45. The highest BCUT2D eigenvalue weighted by Crippen LogP contribution is 2.14. The summed E-state index contributed by atoms with van der Waals surface area (Å²) in [7, 11) is 0. The van der Waals surface area contributed by atoms with E-state index in [0.717, 1.165) is 18.7 Å². The predicted octanol–water partition coefficient (Wildman–Crippen LogP) is 2.53. The van der Waals surface area contributed by atoms with E-state index in [1.807, 2.05) is 6.07 Å². The van der Waals surface area contributed by atoms with Crippen molar-refractivity contribution in [2.75, 3.05) is 18.4 Å². The lowest BCUT2D eigenvalue weighted by Gasteiger charge is -2.14. The van der Waals surface area contributed by atoms with Gasteiger partial charge in [-0.15, -0.1) is 0 Å². The summed E-state index contributed by atoms with van der Waals surface area (Å²) in [6, 6.07) is 5.06. The Bertz CT molecular complexity index is 308. The molecule has 3 N–H and O–H groups in total. The summed E-state index contributed by atoms with van der Waals surface area (Å²) in [6.07, 6.45) is 1.06. The van der Waals surface area contributed by atoms with Crippen LogP contribution in [0, 0.1) is 18.7 Å². The van der Waals surface area contributed by atoms with E-state index in [9.17, 15) is 4.39 Å². The van der Waals surface area contributed by atoms with Gasteiger partial charge >= 0.3 is 0 Å². The summed E-state index contributed by atoms with van der Waals surface area (Å²) < 4.78 is 13.0. The largest absolute Gasteiger partial charge is 0.385 e. The van der Waals surface area contributed by atoms with Crippen molar-refractivity contribution in [3.05, 3.63) is 29.6 Å². The quantitative estimate of drug-likeness (QED) is 0.783. The van der Waals surface area contributed by atoms with Gasteiger partial charge in [-0.3, -0.25) is 0 Å². The number of benzene rings is 1. The number of nitrogens with one attached hydrogen (secondary N) is 1. The Balaban J connectivity index is 2.54. The first kappa shape index (κ1) is 12.0. The molecule has 1 atom stereocenters. The first-order valence-corrected chi connectivity index (χ1v) is 5.37. The fraction of sp³-hybridized carbons (Fsp3) is 0.500. The van der Waals surface area contributed by atoms with Gasteiger partial charge in [-0.25, -0.2) is 4.39 Å². The first-order chi connectivity index (χ1) is 7.17. The van der Waals surface area contributed by atoms with Gasteiger partial charge in [0.05, 0.1) is 0 Å². The SMILES string of the molecule is CCC(CN)CNc1ccc(F)c(C)c1. The van der Waals surface area contributed by atoms with Gasteiger partial charge in [-0.05, 0) is 43.1 Å². The molecule has 0 aliphatic rings. The summed E-state index contributed by atoms with van der Waals surface area (Å²) in [4.78, 5) is 0. The van der Waals surface area contributed by atoms with Crippen molar-refractivity contribution in [3.63, 3.8) is 0 Å². The molecule has 0 aliphatic carbocycles. The summed E-state index contributed by atoms with van der Waals surface area (Å²) in [5, 5.41) is 3.27. The van der Waals surface area contributed by atoms with Crippen LogP contribution in [0.25, 0.3) is 0 Å². The van der Waals surface area contributed by atoms with Crippen molar-refractivity contribution < 1.29 is 4.39 Å². The molecule has 1 unspecified atom stereocenters. The Morgan fingerprint density at radius 1 is 1.47 bits per heavy atom. The van der Waals surface area contributed by atoms with Gasteiger partial charge in [0.1, 0.15) is 5.82 Å². The van der Waals surface area contributed by atoms with Gasteiger partial charge in [-0.1, -0.05) is 13.3 Å². The van der Waals surface area contributed by atoms with Crippen LogP contribution in [0.4, 0.5) is 10.1 Å². The molecule has 0 fully saturated rings. The highest BCUT2D eigenvalue weighted by atomic mass is 19.1. The van der Waals surface area contributed by atoms with E-state index in [0.29, 0.717) is 18.0 Å². The van der Waals surface area contributed by atoms with Gasteiger partial charge in [0.2, 0.25) is 0 Å². The average Bonchev–Trinajstić information content (AvgIpc) is 2.24. The number of nitrogens with two attached hydrogens (primary N) is 1. The van der Waals surface area contributed by atoms with E-state index in [-0.39, 0.29) is 5.82 Å². The zero-order chi connectivity index (χ0) is 11.3. The van der Waals surface area contributed by atoms with Crippen LogP contribution < -0.4 is 11.1 Å². The van der Waals surface area contributed by atoms with Gasteiger partial charge in [-0.2, -0.15) is 0 Å². The fourth-order valence-electron chi connectivity index (χ4n) is 1.41. The van der Waals surface area contributed by atoms with Crippen LogP contribution in [0.15, 0.2) is 18.2 Å². The van der Waals surface area contributed by atoms with Crippen LogP contribution in [0.1, 0.15) is 18.9 Å². The molecule has 0 spiro atoms. The lowest BCUT2D eigenvalue weighted by atomic mass is 10.1. The average molecular weight is 210 g/mol. The van der Waals surface area contributed by atoms with Crippen molar-refractivity contribution in [1.29, 1.82) is 0 Å². The molecule has 84 valence electrons. The molecule has 0 heterocycles. The van der Waals surface area contributed by atoms with E-state index in [4.69, 9.17) is 5.73 Å². The molecule has 0 aliphatic heterocycles. The van der Waals surface area contributed by atoms with Crippen molar-refractivity contribution in [2.45, 2.75) is 20.3 Å². The summed E-state index contributed by atoms with van der Waals surface area (Å²) in [5.74, 6) is 0.321. The first-order valence-electron chi connectivity index (χ1n) is 5.37. The molecule has 0 bridgehead atoms. The minimum absolute atomic E-state index is 0.161. The van der Waals surface area contributed by atoms with Crippen LogP contribution in [0.3, 0.4) is 0 Å².